The monoisotopic (exact) mass is 314 g/mol. The molecule has 0 saturated carbocycles. The third kappa shape index (κ3) is 4.44. The van der Waals surface area contributed by atoms with Gasteiger partial charge in [-0.15, -0.1) is 0 Å². The van der Waals surface area contributed by atoms with Crippen molar-refractivity contribution in [1.29, 1.82) is 0 Å². The molecule has 0 amide bonds. The van der Waals surface area contributed by atoms with E-state index in [2.05, 4.69) is 25.9 Å². The van der Waals surface area contributed by atoms with Crippen molar-refractivity contribution < 1.29 is 9.53 Å². The van der Waals surface area contributed by atoms with E-state index in [1.165, 1.54) is 5.56 Å². The Morgan fingerprint density at radius 2 is 1.87 bits per heavy atom. The van der Waals surface area contributed by atoms with Crippen LogP contribution < -0.4 is 4.74 Å². The smallest absolute Gasteiger partial charge is 0.315 e. The van der Waals surface area contributed by atoms with Crippen LogP contribution in [0, 0.1) is 19.8 Å². The van der Waals surface area contributed by atoms with E-state index < -0.39 is 0 Å². The number of benzene rings is 1. The number of ether oxygens (including phenoxy) is 1. The predicted octanol–water partition coefficient (Wildman–Crippen LogP) is 3.87. The zero-order valence-corrected chi connectivity index (χ0v) is 14.7. The number of esters is 1. The molecule has 1 aromatic carbocycles. The molecule has 0 spiro atoms. The van der Waals surface area contributed by atoms with Gasteiger partial charge < -0.3 is 4.74 Å². The lowest BCUT2D eigenvalue weighted by Crippen LogP contribution is -2.13. The standard InChI is InChI=1S/C19H26N2O2/c1-6-16-7-9-17(10-8-16)23-19(22)11-18-14(4)20-21(15(18)5)12-13(2)3/h7-10,13H,6,11-12H2,1-5H3. The average molecular weight is 314 g/mol. The normalized spacial score (nSPS) is 11.0. The van der Waals surface area contributed by atoms with Crippen LogP contribution >= 0.6 is 0 Å². The number of nitrogens with zero attached hydrogens (tertiary/aromatic N) is 2. The van der Waals surface area contributed by atoms with E-state index in [9.17, 15) is 4.79 Å². The third-order valence-corrected chi connectivity index (χ3v) is 3.95. The van der Waals surface area contributed by atoms with E-state index in [1.54, 1.807) is 0 Å². The van der Waals surface area contributed by atoms with Crippen molar-refractivity contribution in [3.63, 3.8) is 0 Å². The summed E-state index contributed by atoms with van der Waals surface area (Å²) in [6, 6.07) is 7.66. The van der Waals surface area contributed by atoms with Gasteiger partial charge in [-0.05, 0) is 43.9 Å². The van der Waals surface area contributed by atoms with E-state index in [1.807, 2.05) is 42.8 Å². The summed E-state index contributed by atoms with van der Waals surface area (Å²) in [5.41, 5.74) is 4.16. The van der Waals surface area contributed by atoms with E-state index >= 15 is 0 Å². The van der Waals surface area contributed by atoms with Gasteiger partial charge in [0.25, 0.3) is 0 Å². The maximum atomic E-state index is 12.2. The molecule has 0 aliphatic heterocycles. The van der Waals surface area contributed by atoms with Crippen LogP contribution in [0.4, 0.5) is 0 Å². The summed E-state index contributed by atoms with van der Waals surface area (Å²) in [5, 5.41) is 4.54. The van der Waals surface area contributed by atoms with E-state index in [0.717, 1.165) is 29.9 Å². The van der Waals surface area contributed by atoms with E-state index in [-0.39, 0.29) is 12.4 Å². The highest BCUT2D eigenvalue weighted by molar-refractivity contribution is 5.75. The Morgan fingerprint density at radius 1 is 1.22 bits per heavy atom. The maximum absolute atomic E-state index is 12.2. The number of aromatic nitrogens is 2. The summed E-state index contributed by atoms with van der Waals surface area (Å²) in [6.07, 6.45) is 1.23. The molecule has 0 radical (unpaired) electrons. The van der Waals surface area contributed by atoms with Crippen LogP contribution in [0.2, 0.25) is 0 Å². The van der Waals surface area contributed by atoms with Crippen LogP contribution in [0.15, 0.2) is 24.3 Å². The molecular formula is C19H26N2O2. The first-order valence-electron chi connectivity index (χ1n) is 8.23. The van der Waals surface area contributed by atoms with Gasteiger partial charge in [0.15, 0.2) is 0 Å². The van der Waals surface area contributed by atoms with Crippen LogP contribution in [0.5, 0.6) is 5.75 Å². The van der Waals surface area contributed by atoms with Crippen molar-refractivity contribution in [3.05, 3.63) is 46.8 Å². The minimum Gasteiger partial charge on any atom is -0.426 e. The molecule has 0 bridgehead atoms. The molecule has 1 heterocycles. The van der Waals surface area contributed by atoms with Crippen molar-refractivity contribution in [2.24, 2.45) is 5.92 Å². The second-order valence-corrected chi connectivity index (χ2v) is 6.37. The fraction of sp³-hybridized carbons (Fsp3) is 0.474. The third-order valence-electron chi connectivity index (χ3n) is 3.95. The molecule has 0 saturated heterocycles. The fourth-order valence-corrected chi connectivity index (χ4v) is 2.62. The Balaban J connectivity index is 2.06. The average Bonchev–Trinajstić information content (AvgIpc) is 2.75. The summed E-state index contributed by atoms with van der Waals surface area (Å²) in [5.74, 6) is 0.867. The van der Waals surface area contributed by atoms with Crippen molar-refractivity contribution in [2.45, 2.75) is 54.0 Å². The van der Waals surface area contributed by atoms with Gasteiger partial charge in [0, 0.05) is 17.8 Å². The number of rotatable bonds is 6. The highest BCUT2D eigenvalue weighted by Gasteiger charge is 2.16. The predicted molar refractivity (Wildman–Crippen MR) is 91.7 cm³/mol. The summed E-state index contributed by atoms with van der Waals surface area (Å²) in [6.45, 7) is 11.2. The second kappa shape index (κ2) is 7.44. The summed E-state index contributed by atoms with van der Waals surface area (Å²) in [4.78, 5) is 12.2. The minimum absolute atomic E-state index is 0.246. The molecule has 2 aromatic rings. The van der Waals surface area contributed by atoms with Gasteiger partial charge in [-0.1, -0.05) is 32.9 Å². The number of aryl methyl sites for hydroxylation is 2. The van der Waals surface area contributed by atoms with Gasteiger partial charge >= 0.3 is 5.97 Å². The maximum Gasteiger partial charge on any atom is 0.315 e. The highest BCUT2D eigenvalue weighted by atomic mass is 16.5. The Labute approximate surface area is 138 Å². The first-order chi connectivity index (χ1) is 10.9. The van der Waals surface area contributed by atoms with Gasteiger partial charge in [-0.2, -0.15) is 5.10 Å². The first kappa shape index (κ1) is 17.3. The van der Waals surface area contributed by atoms with Crippen LogP contribution in [-0.4, -0.2) is 15.7 Å². The van der Waals surface area contributed by atoms with Crippen LogP contribution in [0.1, 0.15) is 43.3 Å². The highest BCUT2D eigenvalue weighted by Crippen LogP contribution is 2.18. The zero-order valence-electron chi connectivity index (χ0n) is 14.7. The fourth-order valence-electron chi connectivity index (χ4n) is 2.62. The number of carbonyl (C=O) groups excluding carboxylic acids is 1. The molecule has 0 fully saturated rings. The molecule has 2 rings (SSSR count). The van der Waals surface area contributed by atoms with Crippen LogP contribution in [0.3, 0.4) is 0 Å². The molecule has 4 heteroatoms. The van der Waals surface area contributed by atoms with Crippen molar-refractivity contribution >= 4 is 5.97 Å². The van der Waals surface area contributed by atoms with Gasteiger partial charge in [0.1, 0.15) is 5.75 Å². The summed E-state index contributed by atoms with van der Waals surface area (Å²) >= 11 is 0. The zero-order chi connectivity index (χ0) is 17.0. The Hall–Kier alpha value is -2.10. The Bertz CT molecular complexity index is 669. The molecule has 0 atom stereocenters. The van der Waals surface area contributed by atoms with Gasteiger partial charge in [-0.25, -0.2) is 0 Å². The van der Waals surface area contributed by atoms with Crippen molar-refractivity contribution in [1.82, 2.24) is 9.78 Å². The molecule has 0 aliphatic carbocycles. The lowest BCUT2D eigenvalue weighted by molar-refractivity contribution is -0.133. The topological polar surface area (TPSA) is 44.1 Å². The molecule has 4 nitrogen and oxygen atoms in total. The Morgan fingerprint density at radius 3 is 2.43 bits per heavy atom. The van der Waals surface area contributed by atoms with Crippen LogP contribution in [-0.2, 0) is 24.2 Å². The summed E-state index contributed by atoms with van der Waals surface area (Å²) in [7, 11) is 0. The quantitative estimate of drug-likeness (QED) is 0.600. The van der Waals surface area contributed by atoms with Gasteiger partial charge in [-0.3, -0.25) is 9.48 Å². The molecule has 0 unspecified atom stereocenters. The molecular weight excluding hydrogens is 288 g/mol. The first-order valence-corrected chi connectivity index (χ1v) is 8.23. The lowest BCUT2D eigenvalue weighted by atomic mass is 10.1. The van der Waals surface area contributed by atoms with Gasteiger partial charge in [0.05, 0.1) is 12.1 Å². The molecule has 23 heavy (non-hydrogen) atoms. The number of carbonyl (C=O) groups is 1. The van der Waals surface area contributed by atoms with Crippen molar-refractivity contribution in [2.75, 3.05) is 0 Å². The molecule has 1 aromatic heterocycles. The number of hydrogen-bond acceptors (Lipinski definition) is 3. The minimum atomic E-state index is -0.246. The van der Waals surface area contributed by atoms with Gasteiger partial charge in [0.2, 0.25) is 0 Å². The van der Waals surface area contributed by atoms with E-state index in [0.29, 0.717) is 11.7 Å². The van der Waals surface area contributed by atoms with E-state index in [4.69, 9.17) is 4.74 Å². The second-order valence-electron chi connectivity index (χ2n) is 6.37. The Kier molecular flexibility index (Phi) is 5.59. The van der Waals surface area contributed by atoms with Crippen LogP contribution in [0.25, 0.3) is 0 Å². The lowest BCUT2D eigenvalue weighted by Gasteiger charge is -2.08. The SMILES string of the molecule is CCc1ccc(OC(=O)Cc2c(C)nn(CC(C)C)c2C)cc1. The molecule has 0 N–H and O–H groups in total. The van der Waals surface area contributed by atoms with Crippen molar-refractivity contribution in [3.8, 4) is 5.75 Å². The molecule has 0 aliphatic rings. The summed E-state index contributed by atoms with van der Waals surface area (Å²) < 4.78 is 7.43. The molecule has 124 valence electrons. The number of hydrogen-bond donors (Lipinski definition) is 0. The largest absolute Gasteiger partial charge is 0.426 e.